The molecule has 2 aromatic heterocycles. The molecule has 0 saturated heterocycles. The van der Waals surface area contributed by atoms with Gasteiger partial charge in [0.15, 0.2) is 0 Å². The predicted octanol–water partition coefficient (Wildman–Crippen LogP) is 6.38. The highest BCUT2D eigenvalue weighted by atomic mass is 35.5. The zero-order valence-corrected chi connectivity index (χ0v) is 27.2. The summed E-state index contributed by atoms with van der Waals surface area (Å²) in [6.07, 6.45) is 3.35. The van der Waals surface area contributed by atoms with Gasteiger partial charge in [-0.05, 0) is 59.0 Å². The van der Waals surface area contributed by atoms with Gasteiger partial charge >= 0.3 is 0 Å². The van der Waals surface area contributed by atoms with Crippen molar-refractivity contribution in [1.29, 1.82) is 0 Å². The van der Waals surface area contributed by atoms with Crippen LogP contribution in [0.15, 0.2) is 89.9 Å². The van der Waals surface area contributed by atoms with E-state index in [9.17, 15) is 9.90 Å². The van der Waals surface area contributed by atoms with Crippen LogP contribution >= 0.6 is 11.6 Å². The second kappa shape index (κ2) is 15.6. The first-order valence-electron chi connectivity index (χ1n) is 15.4. The maximum atomic E-state index is 14.0. The molecule has 3 aromatic carbocycles. The Kier molecular flexibility index (Phi) is 11.1. The highest BCUT2D eigenvalue weighted by Gasteiger charge is 2.20. The van der Waals surface area contributed by atoms with E-state index in [2.05, 4.69) is 17.1 Å². The van der Waals surface area contributed by atoms with Crippen LogP contribution in [0.3, 0.4) is 0 Å². The Bertz CT molecular complexity index is 1730. The van der Waals surface area contributed by atoms with Crippen LogP contribution in [0.2, 0.25) is 0 Å². The molecule has 240 valence electrons. The van der Waals surface area contributed by atoms with Crippen LogP contribution in [0.1, 0.15) is 42.0 Å². The molecule has 0 aliphatic heterocycles. The van der Waals surface area contributed by atoms with Crippen LogP contribution in [0.4, 0.5) is 11.8 Å². The molecular formula is C36H40ClN5O4. The van der Waals surface area contributed by atoms with Gasteiger partial charge in [-0.3, -0.25) is 4.79 Å². The summed E-state index contributed by atoms with van der Waals surface area (Å²) >= 11 is 5.97. The molecule has 0 fully saturated rings. The molecule has 0 radical (unpaired) electrons. The van der Waals surface area contributed by atoms with Crippen molar-refractivity contribution in [3.63, 3.8) is 0 Å². The van der Waals surface area contributed by atoms with Gasteiger partial charge in [0.25, 0.3) is 5.56 Å². The molecule has 10 heteroatoms. The fraction of sp³-hybridized carbons (Fsp3) is 0.306. The van der Waals surface area contributed by atoms with Crippen molar-refractivity contribution in [2.75, 3.05) is 31.0 Å². The Labute approximate surface area is 274 Å². The Hall–Kier alpha value is -4.60. The van der Waals surface area contributed by atoms with E-state index in [-0.39, 0.29) is 18.2 Å². The third-order valence-corrected chi connectivity index (χ3v) is 8.20. The fourth-order valence-corrected chi connectivity index (χ4v) is 5.50. The van der Waals surface area contributed by atoms with E-state index >= 15 is 0 Å². The molecule has 0 aliphatic rings. The zero-order valence-electron chi connectivity index (χ0n) is 26.4. The summed E-state index contributed by atoms with van der Waals surface area (Å²) in [5, 5.41) is 13.9. The third kappa shape index (κ3) is 7.97. The number of alkyl halides is 1. The molecule has 2 N–H and O–H groups in total. The molecule has 0 amide bonds. The molecule has 0 aliphatic carbocycles. The number of aliphatic hydroxyl groups excluding tert-OH is 1. The van der Waals surface area contributed by atoms with E-state index < -0.39 is 0 Å². The molecular weight excluding hydrogens is 602 g/mol. The highest BCUT2D eigenvalue weighted by molar-refractivity contribution is 6.17. The van der Waals surface area contributed by atoms with Gasteiger partial charge in [-0.2, -0.15) is 4.98 Å². The van der Waals surface area contributed by atoms with Crippen LogP contribution in [0.5, 0.6) is 11.5 Å². The number of hydrogen-bond acceptors (Lipinski definition) is 8. The van der Waals surface area contributed by atoms with E-state index in [0.29, 0.717) is 54.6 Å². The van der Waals surface area contributed by atoms with Crippen LogP contribution in [-0.2, 0) is 25.5 Å². The summed E-state index contributed by atoms with van der Waals surface area (Å²) in [7, 11) is 3.29. The third-order valence-electron chi connectivity index (χ3n) is 7.89. The molecule has 2 heterocycles. The van der Waals surface area contributed by atoms with Crippen LogP contribution in [0, 0.1) is 0 Å². The topological polar surface area (TPSA) is 102 Å². The minimum Gasteiger partial charge on any atom is -0.497 e. The van der Waals surface area contributed by atoms with Gasteiger partial charge in [0, 0.05) is 25.2 Å². The second-order valence-corrected chi connectivity index (χ2v) is 11.5. The van der Waals surface area contributed by atoms with Gasteiger partial charge in [-0.15, -0.1) is 11.6 Å². The number of methoxy groups -OCH3 is 2. The average molecular weight is 642 g/mol. The Morgan fingerprint density at radius 2 is 1.41 bits per heavy atom. The molecule has 1 atom stereocenters. The summed E-state index contributed by atoms with van der Waals surface area (Å²) in [5.41, 5.74) is 4.40. The van der Waals surface area contributed by atoms with Crippen molar-refractivity contribution in [2.45, 2.75) is 51.3 Å². The maximum Gasteiger partial charge on any atom is 0.264 e. The van der Waals surface area contributed by atoms with E-state index in [4.69, 9.17) is 31.0 Å². The van der Waals surface area contributed by atoms with Crippen molar-refractivity contribution in [1.82, 2.24) is 14.5 Å². The SMILES string of the molecule is CCC[C@@H](CO)Nc1nc(N(Cc2ccc(OC)cc2)Cc2ccc(OC)cc2)nc2ccn(Cc3ccc(CCl)cc3)c(=O)c12. The average Bonchev–Trinajstić information content (AvgIpc) is 3.09. The molecule has 5 aromatic rings. The normalized spacial score (nSPS) is 11.8. The van der Waals surface area contributed by atoms with Gasteiger partial charge in [0.2, 0.25) is 5.95 Å². The summed E-state index contributed by atoms with van der Waals surface area (Å²) in [6, 6.07) is 25.2. The van der Waals surface area contributed by atoms with Crippen molar-refractivity contribution >= 4 is 34.3 Å². The number of ether oxygens (including phenoxy) is 2. The number of nitrogens with one attached hydrogen (secondary N) is 1. The monoisotopic (exact) mass is 641 g/mol. The van der Waals surface area contributed by atoms with Crippen molar-refractivity contribution in [3.05, 3.63) is 118 Å². The summed E-state index contributed by atoms with van der Waals surface area (Å²) < 4.78 is 12.4. The second-order valence-electron chi connectivity index (χ2n) is 11.2. The number of hydrogen-bond donors (Lipinski definition) is 2. The summed E-state index contributed by atoms with van der Waals surface area (Å²) in [6.45, 7) is 3.37. The van der Waals surface area contributed by atoms with Gasteiger partial charge in [-0.25, -0.2) is 4.98 Å². The molecule has 0 saturated carbocycles. The first-order valence-corrected chi connectivity index (χ1v) is 15.9. The fourth-order valence-electron chi connectivity index (χ4n) is 5.32. The van der Waals surface area contributed by atoms with E-state index in [1.807, 2.05) is 78.9 Å². The van der Waals surface area contributed by atoms with E-state index in [1.165, 1.54) is 0 Å². The number of benzene rings is 3. The number of halogens is 1. The number of aromatic nitrogens is 3. The molecule has 46 heavy (non-hydrogen) atoms. The van der Waals surface area contributed by atoms with Crippen LogP contribution < -0.4 is 25.2 Å². The Morgan fingerprint density at radius 1 is 0.848 bits per heavy atom. The lowest BCUT2D eigenvalue weighted by Gasteiger charge is -2.25. The van der Waals surface area contributed by atoms with Crippen molar-refractivity contribution in [3.8, 4) is 11.5 Å². The van der Waals surface area contributed by atoms with Crippen molar-refractivity contribution < 1.29 is 14.6 Å². The zero-order chi connectivity index (χ0) is 32.5. The molecule has 0 unspecified atom stereocenters. The first kappa shape index (κ1) is 32.8. The van der Waals surface area contributed by atoms with Gasteiger partial charge in [0.1, 0.15) is 22.7 Å². The lowest BCUT2D eigenvalue weighted by atomic mass is 10.1. The number of rotatable bonds is 15. The summed E-state index contributed by atoms with van der Waals surface area (Å²) in [4.78, 5) is 26.0. The molecule has 5 rings (SSSR count). The number of anilines is 2. The Morgan fingerprint density at radius 3 is 1.93 bits per heavy atom. The van der Waals surface area contributed by atoms with Gasteiger partial charge in [0.05, 0.1) is 38.9 Å². The lowest BCUT2D eigenvalue weighted by molar-refractivity contribution is 0.268. The molecule has 9 nitrogen and oxygen atoms in total. The van der Waals surface area contributed by atoms with Crippen LogP contribution in [-0.4, -0.2) is 46.5 Å². The van der Waals surface area contributed by atoms with Crippen LogP contribution in [0.25, 0.3) is 10.9 Å². The van der Waals surface area contributed by atoms with E-state index in [1.54, 1.807) is 25.0 Å². The van der Waals surface area contributed by atoms with E-state index in [0.717, 1.165) is 40.2 Å². The molecule has 0 bridgehead atoms. The minimum absolute atomic E-state index is 0.0932. The van der Waals surface area contributed by atoms with Gasteiger partial charge < -0.3 is 29.4 Å². The number of pyridine rings is 1. The quantitative estimate of drug-likeness (QED) is 0.127. The largest absolute Gasteiger partial charge is 0.497 e. The first-order chi connectivity index (χ1) is 22.4. The predicted molar refractivity (Wildman–Crippen MR) is 184 cm³/mol. The summed E-state index contributed by atoms with van der Waals surface area (Å²) in [5.74, 6) is 2.84. The molecule has 0 spiro atoms. The number of nitrogens with zero attached hydrogens (tertiary/aromatic N) is 4. The highest BCUT2D eigenvalue weighted by Crippen LogP contribution is 2.26. The standard InChI is InChI=1S/C36H40ClN5O4/c1-4-5-29(24-43)38-34-33-32(18-19-41(35(33)44)21-26-8-6-25(20-37)7-9-26)39-36(40-34)42(22-27-10-14-30(45-2)15-11-27)23-28-12-16-31(46-3)17-13-28/h6-19,29,43H,4-5,20-24H2,1-3H3,(H,38,39,40)/t29-/m0/s1. The minimum atomic E-state index is -0.274. The number of fused-ring (bicyclic) bond motifs is 1. The van der Waals surface area contributed by atoms with Crippen molar-refractivity contribution in [2.24, 2.45) is 0 Å². The van der Waals surface area contributed by atoms with Gasteiger partial charge in [-0.1, -0.05) is 61.9 Å². The maximum absolute atomic E-state index is 14.0. The number of aliphatic hydroxyl groups is 1. The smallest absolute Gasteiger partial charge is 0.264 e. The Balaban J connectivity index is 1.59. The lowest BCUT2D eigenvalue weighted by Crippen LogP contribution is -2.29.